The maximum absolute atomic E-state index is 7.22. The zero-order valence-corrected chi connectivity index (χ0v) is 6.09. The molecule has 1 radical (unpaired) electrons. The number of fused-ring (bicyclic) bond motifs is 1. The summed E-state index contributed by atoms with van der Waals surface area (Å²) in [6.07, 6.45) is 1.90. The van der Waals surface area contributed by atoms with Crippen LogP contribution in [-0.4, -0.2) is 4.98 Å². The SMILES string of the molecule is [NH]Cc1c[nH]c2ccccc12. The largest absolute Gasteiger partial charge is 0.361 e. The van der Waals surface area contributed by atoms with Crippen LogP contribution in [0.25, 0.3) is 10.9 Å². The molecule has 0 fully saturated rings. The molecule has 0 saturated heterocycles. The molecule has 2 nitrogen and oxygen atoms in total. The van der Waals surface area contributed by atoms with E-state index in [2.05, 4.69) is 4.98 Å². The highest BCUT2D eigenvalue weighted by Gasteiger charge is 1.98. The fourth-order valence-corrected chi connectivity index (χ4v) is 1.28. The molecule has 2 aromatic rings. The van der Waals surface area contributed by atoms with E-state index in [1.54, 1.807) is 0 Å². The molecule has 0 amide bonds. The molecule has 1 aromatic carbocycles. The maximum atomic E-state index is 7.22. The summed E-state index contributed by atoms with van der Waals surface area (Å²) in [5.74, 6) is 0. The molecule has 0 spiro atoms. The van der Waals surface area contributed by atoms with Gasteiger partial charge < -0.3 is 4.98 Å². The van der Waals surface area contributed by atoms with Crippen molar-refractivity contribution in [1.82, 2.24) is 10.7 Å². The number of aromatic amines is 1. The number of hydrogen-bond donors (Lipinski definition) is 1. The van der Waals surface area contributed by atoms with Gasteiger partial charge in [-0.3, -0.25) is 5.73 Å². The minimum atomic E-state index is 0.351. The zero-order valence-electron chi connectivity index (χ0n) is 6.09. The van der Waals surface area contributed by atoms with E-state index in [1.165, 1.54) is 5.39 Å². The van der Waals surface area contributed by atoms with E-state index in [0.29, 0.717) is 6.54 Å². The lowest BCUT2D eigenvalue weighted by atomic mass is 10.2. The van der Waals surface area contributed by atoms with Crippen molar-refractivity contribution >= 4 is 10.9 Å². The number of rotatable bonds is 1. The van der Waals surface area contributed by atoms with Gasteiger partial charge in [-0.25, -0.2) is 0 Å². The quantitative estimate of drug-likeness (QED) is 0.637. The molecule has 0 unspecified atom stereocenters. The maximum Gasteiger partial charge on any atom is 0.0457 e. The van der Waals surface area contributed by atoms with E-state index >= 15 is 0 Å². The third kappa shape index (κ3) is 0.917. The van der Waals surface area contributed by atoms with Crippen LogP contribution in [0.5, 0.6) is 0 Å². The normalized spacial score (nSPS) is 10.6. The molecular formula is C9H9N2. The molecule has 55 valence electrons. The van der Waals surface area contributed by atoms with Gasteiger partial charge in [0, 0.05) is 23.6 Å². The van der Waals surface area contributed by atoms with Crippen molar-refractivity contribution in [2.75, 3.05) is 0 Å². The number of benzene rings is 1. The van der Waals surface area contributed by atoms with Crippen LogP contribution in [0.4, 0.5) is 0 Å². The Kier molecular flexibility index (Phi) is 1.40. The molecule has 0 aliphatic carbocycles. The fraction of sp³-hybridized carbons (Fsp3) is 0.111. The summed E-state index contributed by atoms with van der Waals surface area (Å²) in [5.41, 5.74) is 9.41. The lowest BCUT2D eigenvalue weighted by Crippen LogP contribution is -1.79. The van der Waals surface area contributed by atoms with Gasteiger partial charge in [0.05, 0.1) is 0 Å². The van der Waals surface area contributed by atoms with Gasteiger partial charge >= 0.3 is 0 Å². The highest BCUT2D eigenvalue weighted by atomic mass is 14.7. The first-order valence-electron chi connectivity index (χ1n) is 3.61. The Balaban J connectivity index is 2.76. The van der Waals surface area contributed by atoms with E-state index in [0.717, 1.165) is 11.1 Å². The number of nitrogens with one attached hydrogen (secondary N) is 2. The lowest BCUT2D eigenvalue weighted by Gasteiger charge is -1.90. The Bertz CT molecular complexity index is 362. The van der Waals surface area contributed by atoms with Gasteiger partial charge in [0.2, 0.25) is 0 Å². The van der Waals surface area contributed by atoms with E-state index in [9.17, 15) is 0 Å². The van der Waals surface area contributed by atoms with Gasteiger partial charge in [-0.15, -0.1) is 0 Å². The molecule has 0 aliphatic rings. The highest BCUT2D eigenvalue weighted by Crippen LogP contribution is 2.16. The molecule has 0 saturated carbocycles. The van der Waals surface area contributed by atoms with Crippen molar-refractivity contribution in [2.24, 2.45) is 0 Å². The van der Waals surface area contributed by atoms with Gasteiger partial charge in [0.15, 0.2) is 0 Å². The van der Waals surface area contributed by atoms with Crippen molar-refractivity contribution in [3.05, 3.63) is 36.0 Å². The van der Waals surface area contributed by atoms with Gasteiger partial charge in [-0.1, -0.05) is 18.2 Å². The van der Waals surface area contributed by atoms with Gasteiger partial charge in [0.1, 0.15) is 0 Å². The summed E-state index contributed by atoms with van der Waals surface area (Å²) >= 11 is 0. The Morgan fingerprint density at radius 3 is 2.91 bits per heavy atom. The summed E-state index contributed by atoms with van der Waals surface area (Å²) in [7, 11) is 0. The first-order valence-corrected chi connectivity index (χ1v) is 3.61. The fourth-order valence-electron chi connectivity index (χ4n) is 1.28. The highest BCUT2D eigenvalue weighted by molar-refractivity contribution is 5.82. The molecule has 2 rings (SSSR count). The van der Waals surface area contributed by atoms with E-state index < -0.39 is 0 Å². The zero-order chi connectivity index (χ0) is 7.68. The van der Waals surface area contributed by atoms with Crippen LogP contribution in [0.1, 0.15) is 5.56 Å². The third-order valence-electron chi connectivity index (χ3n) is 1.87. The van der Waals surface area contributed by atoms with E-state index in [1.807, 2.05) is 30.5 Å². The summed E-state index contributed by atoms with van der Waals surface area (Å²) in [6, 6.07) is 8.05. The number of aromatic nitrogens is 1. The number of H-pyrrole nitrogens is 1. The predicted molar refractivity (Wildman–Crippen MR) is 45.1 cm³/mol. The Hall–Kier alpha value is -1.28. The van der Waals surface area contributed by atoms with Crippen molar-refractivity contribution in [1.29, 1.82) is 0 Å². The Morgan fingerprint density at radius 2 is 2.09 bits per heavy atom. The number of hydrogen-bond acceptors (Lipinski definition) is 0. The van der Waals surface area contributed by atoms with Gasteiger partial charge in [-0.05, 0) is 11.6 Å². The molecule has 0 bridgehead atoms. The lowest BCUT2D eigenvalue weighted by molar-refractivity contribution is 1.04. The predicted octanol–water partition coefficient (Wildman–Crippen LogP) is 1.95. The second kappa shape index (κ2) is 2.40. The Labute approximate surface area is 65.0 Å². The van der Waals surface area contributed by atoms with Crippen molar-refractivity contribution in [3.63, 3.8) is 0 Å². The molecule has 2 heteroatoms. The smallest absolute Gasteiger partial charge is 0.0457 e. The summed E-state index contributed by atoms with van der Waals surface area (Å²) in [4.78, 5) is 3.12. The van der Waals surface area contributed by atoms with E-state index in [4.69, 9.17) is 5.73 Å². The van der Waals surface area contributed by atoms with Crippen LogP contribution < -0.4 is 5.73 Å². The molecule has 1 heterocycles. The third-order valence-corrected chi connectivity index (χ3v) is 1.87. The van der Waals surface area contributed by atoms with Crippen LogP contribution in [0.2, 0.25) is 0 Å². The molecule has 0 atom stereocenters. The molecule has 2 N–H and O–H groups in total. The molecule has 1 aromatic heterocycles. The minimum Gasteiger partial charge on any atom is -0.361 e. The van der Waals surface area contributed by atoms with Crippen LogP contribution in [-0.2, 0) is 6.54 Å². The van der Waals surface area contributed by atoms with Gasteiger partial charge in [-0.2, -0.15) is 0 Å². The van der Waals surface area contributed by atoms with Crippen LogP contribution in [0.15, 0.2) is 30.5 Å². The summed E-state index contributed by atoms with van der Waals surface area (Å²) in [6.45, 7) is 0.351. The average molecular weight is 145 g/mol. The summed E-state index contributed by atoms with van der Waals surface area (Å²) < 4.78 is 0. The Morgan fingerprint density at radius 1 is 1.27 bits per heavy atom. The monoisotopic (exact) mass is 145 g/mol. The van der Waals surface area contributed by atoms with Crippen molar-refractivity contribution < 1.29 is 0 Å². The van der Waals surface area contributed by atoms with Crippen LogP contribution in [0, 0.1) is 0 Å². The summed E-state index contributed by atoms with van der Waals surface area (Å²) in [5, 5.41) is 1.17. The molecular weight excluding hydrogens is 136 g/mol. The second-order valence-corrected chi connectivity index (χ2v) is 2.54. The molecule has 11 heavy (non-hydrogen) atoms. The van der Waals surface area contributed by atoms with Crippen LogP contribution in [0.3, 0.4) is 0 Å². The number of para-hydroxylation sites is 1. The van der Waals surface area contributed by atoms with E-state index in [-0.39, 0.29) is 0 Å². The average Bonchev–Trinajstić information content (AvgIpc) is 2.47. The first-order chi connectivity index (χ1) is 5.42. The van der Waals surface area contributed by atoms with Crippen molar-refractivity contribution in [3.8, 4) is 0 Å². The van der Waals surface area contributed by atoms with Crippen molar-refractivity contribution in [2.45, 2.75) is 6.54 Å². The second-order valence-electron chi connectivity index (χ2n) is 2.54. The topological polar surface area (TPSA) is 39.6 Å². The minimum absolute atomic E-state index is 0.351. The standard InChI is InChI=1S/C9H9N2/c10-5-7-6-11-9-4-2-1-3-8(7)9/h1-4,6,10-11H,5H2. The van der Waals surface area contributed by atoms with Crippen LogP contribution >= 0.6 is 0 Å². The first kappa shape index (κ1) is 6.43. The molecule has 0 aliphatic heterocycles. The van der Waals surface area contributed by atoms with Gasteiger partial charge in [0.25, 0.3) is 0 Å².